The summed E-state index contributed by atoms with van der Waals surface area (Å²) in [5.41, 5.74) is 1.39. The predicted octanol–water partition coefficient (Wildman–Crippen LogP) is 4.64. The third-order valence-corrected chi connectivity index (χ3v) is 7.16. The van der Waals surface area contributed by atoms with Crippen molar-refractivity contribution in [1.29, 1.82) is 0 Å². The second kappa shape index (κ2) is 10.5. The highest BCUT2D eigenvalue weighted by molar-refractivity contribution is 6.31. The summed E-state index contributed by atoms with van der Waals surface area (Å²) in [6, 6.07) is 9.09. The number of hydrogen-bond donors (Lipinski definition) is 1. The number of aromatic nitrogens is 2. The van der Waals surface area contributed by atoms with E-state index < -0.39 is 0 Å². The highest BCUT2D eigenvalue weighted by Gasteiger charge is 2.28. The van der Waals surface area contributed by atoms with Gasteiger partial charge in [0.05, 0.1) is 11.6 Å². The molecule has 1 aliphatic carbocycles. The molecule has 1 amide bonds. The van der Waals surface area contributed by atoms with Crippen molar-refractivity contribution >= 4 is 23.3 Å². The van der Waals surface area contributed by atoms with Crippen LogP contribution in [0.1, 0.15) is 63.4 Å². The summed E-state index contributed by atoms with van der Waals surface area (Å²) in [5, 5.41) is 8.54. The summed E-state index contributed by atoms with van der Waals surface area (Å²) in [6.07, 6.45) is 10.3. The largest absolute Gasteiger partial charge is 0.354 e. The van der Waals surface area contributed by atoms with Crippen molar-refractivity contribution in [1.82, 2.24) is 15.1 Å². The number of carbonyl (C=O) groups excluding carboxylic acids is 1. The summed E-state index contributed by atoms with van der Waals surface area (Å²) < 4.78 is 1.39. The van der Waals surface area contributed by atoms with Gasteiger partial charge in [0.25, 0.3) is 5.56 Å². The minimum atomic E-state index is -0.204. The SMILES string of the molecule is Cc1ccc(-n2nc(N3CCC[C@@H](C(=O)NC4CCCCCCC4)C3)ccc2=O)cc1Cl. The number of anilines is 1. The van der Waals surface area contributed by atoms with Crippen LogP contribution in [0.2, 0.25) is 5.02 Å². The Morgan fingerprint density at radius 3 is 2.53 bits per heavy atom. The molecule has 2 heterocycles. The van der Waals surface area contributed by atoms with E-state index in [0.29, 0.717) is 29.1 Å². The number of carbonyl (C=O) groups is 1. The van der Waals surface area contributed by atoms with Gasteiger partial charge in [-0.3, -0.25) is 9.59 Å². The molecule has 0 bridgehead atoms. The lowest BCUT2D eigenvalue weighted by atomic mass is 9.94. The van der Waals surface area contributed by atoms with Gasteiger partial charge in [-0.15, -0.1) is 5.10 Å². The van der Waals surface area contributed by atoms with Crippen LogP contribution in [0.5, 0.6) is 0 Å². The van der Waals surface area contributed by atoms with Gasteiger partial charge in [-0.25, -0.2) is 0 Å². The van der Waals surface area contributed by atoms with Gasteiger partial charge >= 0.3 is 0 Å². The first kappa shape index (κ1) is 22.8. The van der Waals surface area contributed by atoms with E-state index in [-0.39, 0.29) is 17.4 Å². The van der Waals surface area contributed by atoms with Gasteiger partial charge in [0.15, 0.2) is 0 Å². The van der Waals surface area contributed by atoms with Gasteiger partial charge in [0, 0.05) is 30.2 Å². The van der Waals surface area contributed by atoms with Crippen molar-refractivity contribution in [3.8, 4) is 5.69 Å². The van der Waals surface area contributed by atoms with Crippen LogP contribution in [0.15, 0.2) is 35.1 Å². The number of halogens is 1. The Hall–Kier alpha value is -2.34. The molecule has 1 saturated heterocycles. The maximum absolute atomic E-state index is 13.0. The molecule has 2 aliphatic rings. The Balaban J connectivity index is 1.46. The van der Waals surface area contributed by atoms with Gasteiger partial charge in [-0.1, -0.05) is 49.8 Å². The summed E-state index contributed by atoms with van der Waals surface area (Å²) in [7, 11) is 0. The van der Waals surface area contributed by atoms with Gasteiger partial charge in [0.2, 0.25) is 5.91 Å². The average Bonchev–Trinajstić information content (AvgIpc) is 2.78. The fraction of sp³-hybridized carbons (Fsp3) is 0.560. The third kappa shape index (κ3) is 5.52. The number of amides is 1. The molecule has 1 aromatic heterocycles. The molecular weight excluding hydrogens is 424 g/mol. The molecule has 0 unspecified atom stereocenters. The first-order valence-corrected chi connectivity index (χ1v) is 12.3. The number of benzene rings is 1. The Kier molecular flexibility index (Phi) is 7.51. The summed E-state index contributed by atoms with van der Waals surface area (Å²) in [4.78, 5) is 27.6. The smallest absolute Gasteiger partial charge is 0.271 e. The van der Waals surface area contributed by atoms with E-state index in [0.717, 1.165) is 37.8 Å². The van der Waals surface area contributed by atoms with Crippen molar-refractivity contribution < 1.29 is 4.79 Å². The van der Waals surface area contributed by atoms with Crippen LogP contribution in [0.3, 0.4) is 0 Å². The van der Waals surface area contributed by atoms with Gasteiger partial charge in [-0.05, 0) is 56.4 Å². The third-order valence-electron chi connectivity index (χ3n) is 6.75. The van der Waals surface area contributed by atoms with Gasteiger partial charge in [0.1, 0.15) is 5.82 Å². The van der Waals surface area contributed by atoms with Crippen molar-refractivity contribution in [3.05, 3.63) is 51.3 Å². The molecule has 4 rings (SSSR count). The quantitative estimate of drug-likeness (QED) is 0.727. The Morgan fingerprint density at radius 1 is 1.03 bits per heavy atom. The molecule has 32 heavy (non-hydrogen) atoms. The monoisotopic (exact) mass is 456 g/mol. The van der Waals surface area contributed by atoms with Crippen LogP contribution < -0.4 is 15.8 Å². The molecule has 0 spiro atoms. The molecule has 6 nitrogen and oxygen atoms in total. The van der Waals surface area contributed by atoms with Crippen LogP contribution in [0.4, 0.5) is 5.82 Å². The normalized spacial score (nSPS) is 20.4. The van der Waals surface area contributed by atoms with Crippen molar-refractivity contribution in [3.63, 3.8) is 0 Å². The van der Waals surface area contributed by atoms with E-state index in [1.807, 2.05) is 19.1 Å². The Labute approximate surface area is 195 Å². The maximum Gasteiger partial charge on any atom is 0.271 e. The zero-order valence-corrected chi connectivity index (χ0v) is 19.6. The first-order valence-electron chi connectivity index (χ1n) is 11.9. The van der Waals surface area contributed by atoms with Crippen LogP contribution in [-0.4, -0.2) is 34.8 Å². The zero-order chi connectivity index (χ0) is 22.5. The van der Waals surface area contributed by atoms with Crippen molar-refractivity contribution in [2.24, 2.45) is 5.92 Å². The lowest BCUT2D eigenvalue weighted by Gasteiger charge is -2.34. The number of rotatable bonds is 4. The maximum atomic E-state index is 13.0. The number of aryl methyl sites for hydroxylation is 1. The summed E-state index contributed by atoms with van der Waals surface area (Å²) >= 11 is 6.26. The highest BCUT2D eigenvalue weighted by atomic mass is 35.5. The molecule has 172 valence electrons. The van der Waals surface area contributed by atoms with E-state index in [2.05, 4.69) is 15.3 Å². The molecular formula is C25H33ClN4O2. The lowest BCUT2D eigenvalue weighted by Crippen LogP contribution is -2.46. The fourth-order valence-electron chi connectivity index (χ4n) is 4.79. The second-order valence-corrected chi connectivity index (χ2v) is 9.62. The fourth-order valence-corrected chi connectivity index (χ4v) is 4.96. The van der Waals surface area contributed by atoms with E-state index in [1.54, 1.807) is 12.1 Å². The van der Waals surface area contributed by atoms with E-state index in [4.69, 9.17) is 11.6 Å². The van der Waals surface area contributed by atoms with Crippen molar-refractivity contribution in [2.75, 3.05) is 18.0 Å². The number of nitrogens with zero attached hydrogens (tertiary/aromatic N) is 3. The molecule has 7 heteroatoms. The Morgan fingerprint density at radius 2 is 1.78 bits per heavy atom. The minimum absolute atomic E-state index is 0.0508. The van der Waals surface area contributed by atoms with E-state index in [1.165, 1.54) is 42.9 Å². The topological polar surface area (TPSA) is 67.2 Å². The molecule has 2 aromatic rings. The van der Waals surface area contributed by atoms with E-state index >= 15 is 0 Å². The average molecular weight is 457 g/mol. The summed E-state index contributed by atoms with van der Waals surface area (Å²) in [5.74, 6) is 0.828. The number of hydrogen-bond acceptors (Lipinski definition) is 4. The molecule has 2 fully saturated rings. The van der Waals surface area contributed by atoms with Crippen LogP contribution in [-0.2, 0) is 4.79 Å². The highest BCUT2D eigenvalue weighted by Crippen LogP contribution is 2.24. The number of nitrogens with one attached hydrogen (secondary N) is 1. The number of piperidine rings is 1. The Bertz CT molecular complexity index is 998. The summed E-state index contributed by atoms with van der Waals surface area (Å²) in [6.45, 7) is 3.37. The predicted molar refractivity (Wildman–Crippen MR) is 129 cm³/mol. The standard InChI is InChI=1S/C25H33ClN4O2/c1-18-11-12-21(16-22(18)26)30-24(31)14-13-23(28-30)29-15-7-8-19(17-29)25(32)27-20-9-5-3-2-4-6-10-20/h11-14,16,19-20H,2-10,15,17H2,1H3,(H,27,32)/t19-/m1/s1. The zero-order valence-electron chi connectivity index (χ0n) is 18.9. The van der Waals surface area contributed by atoms with Crippen LogP contribution >= 0.6 is 11.6 Å². The molecule has 1 aliphatic heterocycles. The molecule has 1 saturated carbocycles. The molecule has 0 radical (unpaired) electrons. The molecule has 1 atom stereocenters. The minimum Gasteiger partial charge on any atom is -0.354 e. The van der Waals surface area contributed by atoms with Crippen molar-refractivity contribution in [2.45, 2.75) is 70.8 Å². The second-order valence-electron chi connectivity index (χ2n) is 9.21. The van der Waals surface area contributed by atoms with Crippen LogP contribution in [0, 0.1) is 12.8 Å². The van der Waals surface area contributed by atoms with Crippen LogP contribution in [0.25, 0.3) is 5.69 Å². The lowest BCUT2D eigenvalue weighted by molar-refractivity contribution is -0.126. The van der Waals surface area contributed by atoms with Gasteiger partial charge in [-0.2, -0.15) is 4.68 Å². The van der Waals surface area contributed by atoms with E-state index in [9.17, 15) is 9.59 Å². The molecule has 1 aromatic carbocycles. The first-order chi connectivity index (χ1) is 15.5. The molecule has 1 N–H and O–H groups in total. The van der Waals surface area contributed by atoms with Gasteiger partial charge < -0.3 is 10.2 Å².